The van der Waals surface area contributed by atoms with Gasteiger partial charge in [0, 0.05) is 19.3 Å². The van der Waals surface area contributed by atoms with E-state index in [1.54, 1.807) is 13.8 Å². The van der Waals surface area contributed by atoms with E-state index < -0.39 is 5.60 Å². The Morgan fingerprint density at radius 2 is 2.22 bits per heavy atom. The van der Waals surface area contributed by atoms with Crippen LogP contribution in [0, 0.1) is 0 Å². The van der Waals surface area contributed by atoms with Crippen LogP contribution in [0.4, 0.5) is 5.82 Å². The monoisotopic (exact) mass is 271 g/mol. The molecule has 0 spiro atoms. The molecular formula is C12H18ClN3O2. The van der Waals surface area contributed by atoms with E-state index in [0.717, 1.165) is 0 Å². The Balaban J connectivity index is 3.00. The summed E-state index contributed by atoms with van der Waals surface area (Å²) in [7, 11) is 0. The van der Waals surface area contributed by atoms with Crippen LogP contribution in [-0.4, -0.2) is 39.6 Å². The molecule has 0 aliphatic rings. The number of nitrogen functional groups attached to an aromatic ring is 1. The van der Waals surface area contributed by atoms with Crippen molar-refractivity contribution in [3.8, 4) is 0 Å². The number of hydrogen-bond donors (Lipinski definition) is 2. The lowest BCUT2D eigenvalue weighted by atomic mass is 10.1. The quantitative estimate of drug-likeness (QED) is 0.871. The van der Waals surface area contributed by atoms with Gasteiger partial charge in [-0.15, -0.1) is 0 Å². The number of aliphatic hydroxyl groups is 1. The third-order valence-electron chi connectivity index (χ3n) is 2.35. The lowest BCUT2D eigenvalue weighted by Crippen LogP contribution is -2.42. The van der Waals surface area contributed by atoms with E-state index in [-0.39, 0.29) is 23.3 Å². The van der Waals surface area contributed by atoms with Gasteiger partial charge in [0.05, 0.1) is 16.2 Å². The van der Waals surface area contributed by atoms with Crippen LogP contribution in [0.5, 0.6) is 0 Å². The Labute approximate surface area is 112 Å². The summed E-state index contributed by atoms with van der Waals surface area (Å²) in [5.74, 6) is -0.0270. The van der Waals surface area contributed by atoms with Crippen LogP contribution in [0.3, 0.4) is 0 Å². The number of carbonyl (C=O) groups excluding carboxylic acids is 1. The SMILES string of the molecule is CCN(CC(C)(C)O)C(=O)c1cc(N)ncc1Cl. The molecule has 0 unspecified atom stereocenters. The molecule has 1 aromatic heterocycles. The molecule has 5 nitrogen and oxygen atoms in total. The maximum atomic E-state index is 12.3. The molecule has 1 rings (SSSR count). The highest BCUT2D eigenvalue weighted by Crippen LogP contribution is 2.19. The second kappa shape index (κ2) is 5.54. The first kappa shape index (κ1) is 14.7. The van der Waals surface area contributed by atoms with Crippen molar-refractivity contribution in [2.45, 2.75) is 26.4 Å². The average molecular weight is 272 g/mol. The molecule has 1 heterocycles. The van der Waals surface area contributed by atoms with Crippen LogP contribution in [0.2, 0.25) is 5.02 Å². The molecular weight excluding hydrogens is 254 g/mol. The number of halogens is 1. The zero-order valence-corrected chi connectivity index (χ0v) is 11.5. The van der Waals surface area contributed by atoms with E-state index in [0.29, 0.717) is 12.1 Å². The number of hydrogen-bond acceptors (Lipinski definition) is 4. The summed E-state index contributed by atoms with van der Waals surface area (Å²) in [5, 5.41) is 10.0. The van der Waals surface area contributed by atoms with Gasteiger partial charge in [0.25, 0.3) is 5.91 Å². The molecule has 6 heteroatoms. The van der Waals surface area contributed by atoms with Gasteiger partial charge in [-0.05, 0) is 26.8 Å². The van der Waals surface area contributed by atoms with Crippen molar-refractivity contribution in [1.82, 2.24) is 9.88 Å². The predicted molar refractivity (Wildman–Crippen MR) is 71.5 cm³/mol. The summed E-state index contributed by atoms with van der Waals surface area (Å²) in [4.78, 5) is 17.6. The van der Waals surface area contributed by atoms with Gasteiger partial charge in [0.15, 0.2) is 0 Å². The molecule has 3 N–H and O–H groups in total. The van der Waals surface area contributed by atoms with Crippen LogP contribution in [0.25, 0.3) is 0 Å². The zero-order chi connectivity index (χ0) is 13.9. The minimum absolute atomic E-state index is 0.223. The molecule has 18 heavy (non-hydrogen) atoms. The smallest absolute Gasteiger partial charge is 0.255 e. The topological polar surface area (TPSA) is 79.5 Å². The lowest BCUT2D eigenvalue weighted by Gasteiger charge is -2.28. The third kappa shape index (κ3) is 3.85. The molecule has 100 valence electrons. The summed E-state index contributed by atoms with van der Waals surface area (Å²) in [6, 6.07) is 1.44. The summed E-state index contributed by atoms with van der Waals surface area (Å²) in [6.45, 7) is 5.82. The lowest BCUT2D eigenvalue weighted by molar-refractivity contribution is 0.0315. The third-order valence-corrected chi connectivity index (χ3v) is 2.65. The molecule has 0 aliphatic carbocycles. The molecule has 1 aromatic rings. The highest BCUT2D eigenvalue weighted by molar-refractivity contribution is 6.33. The highest BCUT2D eigenvalue weighted by Gasteiger charge is 2.23. The minimum Gasteiger partial charge on any atom is -0.389 e. The Morgan fingerprint density at radius 3 is 2.72 bits per heavy atom. The molecule has 1 amide bonds. The highest BCUT2D eigenvalue weighted by atomic mass is 35.5. The molecule has 0 saturated heterocycles. The van der Waals surface area contributed by atoms with Crippen LogP contribution < -0.4 is 5.73 Å². The van der Waals surface area contributed by atoms with Crippen molar-refractivity contribution in [3.63, 3.8) is 0 Å². The number of amides is 1. The zero-order valence-electron chi connectivity index (χ0n) is 10.8. The van der Waals surface area contributed by atoms with E-state index in [1.165, 1.54) is 17.2 Å². The Morgan fingerprint density at radius 1 is 1.61 bits per heavy atom. The summed E-state index contributed by atoms with van der Waals surface area (Å²) in [6.07, 6.45) is 1.35. The number of carbonyl (C=O) groups is 1. The summed E-state index contributed by atoms with van der Waals surface area (Å²) < 4.78 is 0. The first-order valence-electron chi connectivity index (χ1n) is 5.67. The van der Waals surface area contributed by atoms with Crippen molar-refractivity contribution < 1.29 is 9.90 Å². The summed E-state index contributed by atoms with van der Waals surface area (Å²) in [5.41, 5.74) is 4.88. The van der Waals surface area contributed by atoms with Crippen LogP contribution in [-0.2, 0) is 0 Å². The average Bonchev–Trinajstić information content (AvgIpc) is 2.27. The molecule has 0 saturated carbocycles. The van der Waals surface area contributed by atoms with Crippen molar-refractivity contribution in [1.29, 1.82) is 0 Å². The van der Waals surface area contributed by atoms with Gasteiger partial charge in [0.1, 0.15) is 5.82 Å². The number of aromatic nitrogens is 1. The Kier molecular flexibility index (Phi) is 4.53. The van der Waals surface area contributed by atoms with Gasteiger partial charge in [-0.25, -0.2) is 4.98 Å². The molecule has 0 radical (unpaired) electrons. The van der Waals surface area contributed by atoms with Crippen molar-refractivity contribution in [2.24, 2.45) is 0 Å². The maximum absolute atomic E-state index is 12.3. The van der Waals surface area contributed by atoms with E-state index in [2.05, 4.69) is 4.98 Å². The van der Waals surface area contributed by atoms with E-state index >= 15 is 0 Å². The van der Waals surface area contributed by atoms with Gasteiger partial charge in [-0.3, -0.25) is 4.79 Å². The van der Waals surface area contributed by atoms with Crippen LogP contribution in [0.1, 0.15) is 31.1 Å². The first-order valence-corrected chi connectivity index (χ1v) is 6.05. The van der Waals surface area contributed by atoms with Gasteiger partial charge in [0.2, 0.25) is 0 Å². The number of likely N-dealkylation sites (N-methyl/N-ethyl adjacent to an activating group) is 1. The summed E-state index contributed by atoms with van der Waals surface area (Å²) >= 11 is 5.94. The second-order valence-electron chi connectivity index (χ2n) is 4.72. The van der Waals surface area contributed by atoms with Crippen LogP contribution >= 0.6 is 11.6 Å². The standard InChI is InChI=1S/C12H18ClN3O2/c1-4-16(7-12(2,3)18)11(17)8-5-10(14)15-6-9(8)13/h5-6,18H,4,7H2,1-3H3,(H2,14,15). The van der Waals surface area contributed by atoms with Gasteiger partial charge < -0.3 is 15.7 Å². The fourth-order valence-electron chi connectivity index (χ4n) is 1.58. The number of rotatable bonds is 4. The fraction of sp³-hybridized carbons (Fsp3) is 0.500. The molecule has 0 aliphatic heterocycles. The largest absolute Gasteiger partial charge is 0.389 e. The molecule has 0 fully saturated rings. The number of anilines is 1. The van der Waals surface area contributed by atoms with Gasteiger partial charge in [-0.1, -0.05) is 11.6 Å². The van der Waals surface area contributed by atoms with Crippen molar-refractivity contribution in [3.05, 3.63) is 22.8 Å². The van der Waals surface area contributed by atoms with Crippen LogP contribution in [0.15, 0.2) is 12.3 Å². The molecule has 0 atom stereocenters. The minimum atomic E-state index is -0.962. The number of pyridine rings is 1. The number of nitrogens with zero attached hydrogens (tertiary/aromatic N) is 2. The second-order valence-corrected chi connectivity index (χ2v) is 5.13. The Hall–Kier alpha value is -1.33. The van der Waals surface area contributed by atoms with Gasteiger partial charge >= 0.3 is 0 Å². The maximum Gasteiger partial charge on any atom is 0.255 e. The van der Waals surface area contributed by atoms with E-state index in [9.17, 15) is 9.90 Å². The van der Waals surface area contributed by atoms with Gasteiger partial charge in [-0.2, -0.15) is 0 Å². The van der Waals surface area contributed by atoms with Crippen molar-refractivity contribution >= 4 is 23.3 Å². The van der Waals surface area contributed by atoms with E-state index in [1.807, 2.05) is 6.92 Å². The predicted octanol–water partition coefficient (Wildman–Crippen LogP) is 1.55. The Bertz CT molecular complexity index is 443. The van der Waals surface area contributed by atoms with E-state index in [4.69, 9.17) is 17.3 Å². The normalized spacial score (nSPS) is 11.4. The van der Waals surface area contributed by atoms with Crippen molar-refractivity contribution in [2.75, 3.05) is 18.8 Å². The first-order chi connectivity index (χ1) is 8.24. The number of nitrogens with two attached hydrogens (primary N) is 1. The fourth-order valence-corrected chi connectivity index (χ4v) is 1.77. The molecule has 0 aromatic carbocycles. The molecule has 0 bridgehead atoms.